The predicted octanol–water partition coefficient (Wildman–Crippen LogP) is 4.57. The highest BCUT2D eigenvalue weighted by molar-refractivity contribution is 5.81. The molecule has 0 fully saturated rings. The molecule has 5 nitrogen and oxygen atoms in total. The number of carbonyl (C=O) groups excluding carboxylic acids is 1. The first-order chi connectivity index (χ1) is 13.3. The van der Waals surface area contributed by atoms with E-state index in [2.05, 4.69) is 9.97 Å². The lowest BCUT2D eigenvalue weighted by molar-refractivity contribution is -0.144. The van der Waals surface area contributed by atoms with E-state index >= 15 is 0 Å². The van der Waals surface area contributed by atoms with Crippen LogP contribution < -0.4 is 0 Å². The minimum atomic E-state index is -0.289. The molecule has 2 heterocycles. The van der Waals surface area contributed by atoms with E-state index < -0.39 is 0 Å². The fourth-order valence-corrected chi connectivity index (χ4v) is 2.89. The van der Waals surface area contributed by atoms with Crippen molar-refractivity contribution in [2.45, 2.75) is 19.4 Å². The standard InChI is InChI=1S/C22H18N2O3/c25-21(26-15-18-9-4-8-17-10-5-13-23-22(17)18)12-11-20-24-14-19(27-20)16-6-2-1-3-7-16/h1-10,13-14H,11-12,15H2. The van der Waals surface area contributed by atoms with Crippen LogP contribution in [-0.4, -0.2) is 15.9 Å². The molecule has 0 atom stereocenters. The number of esters is 1. The SMILES string of the molecule is O=C(CCc1ncc(-c2ccccc2)o1)OCc1cccc2cccnc12. The molecule has 0 saturated heterocycles. The highest BCUT2D eigenvalue weighted by atomic mass is 16.5. The second kappa shape index (κ2) is 7.83. The molecule has 0 aliphatic heterocycles. The van der Waals surface area contributed by atoms with Crippen molar-refractivity contribution in [3.63, 3.8) is 0 Å². The summed E-state index contributed by atoms with van der Waals surface area (Å²) in [4.78, 5) is 20.7. The Morgan fingerprint density at radius 3 is 2.70 bits per heavy atom. The minimum absolute atomic E-state index is 0.202. The van der Waals surface area contributed by atoms with Gasteiger partial charge in [0.25, 0.3) is 0 Å². The van der Waals surface area contributed by atoms with E-state index in [9.17, 15) is 4.79 Å². The molecular weight excluding hydrogens is 340 g/mol. The van der Waals surface area contributed by atoms with Gasteiger partial charge in [-0.1, -0.05) is 54.6 Å². The molecule has 0 unspecified atom stereocenters. The summed E-state index contributed by atoms with van der Waals surface area (Å²) in [5.41, 5.74) is 2.71. The maximum absolute atomic E-state index is 12.1. The lowest BCUT2D eigenvalue weighted by atomic mass is 10.1. The summed E-state index contributed by atoms with van der Waals surface area (Å²) in [6, 6.07) is 19.5. The molecule has 0 spiro atoms. The number of aromatic nitrogens is 2. The summed E-state index contributed by atoms with van der Waals surface area (Å²) in [6.07, 6.45) is 4.03. The van der Waals surface area contributed by atoms with Gasteiger partial charge in [-0.05, 0) is 6.07 Å². The molecule has 134 valence electrons. The zero-order chi connectivity index (χ0) is 18.5. The fourth-order valence-electron chi connectivity index (χ4n) is 2.89. The summed E-state index contributed by atoms with van der Waals surface area (Å²) < 4.78 is 11.1. The van der Waals surface area contributed by atoms with Gasteiger partial charge in [0.15, 0.2) is 11.7 Å². The number of carbonyl (C=O) groups is 1. The zero-order valence-electron chi connectivity index (χ0n) is 14.7. The first kappa shape index (κ1) is 17.0. The van der Waals surface area contributed by atoms with Gasteiger partial charge in [0, 0.05) is 29.1 Å². The van der Waals surface area contributed by atoms with Gasteiger partial charge in [0.1, 0.15) is 6.61 Å². The van der Waals surface area contributed by atoms with Crippen LogP contribution in [0.2, 0.25) is 0 Å². The van der Waals surface area contributed by atoms with Crippen LogP contribution in [0.15, 0.2) is 77.5 Å². The number of para-hydroxylation sites is 1. The van der Waals surface area contributed by atoms with Crippen LogP contribution >= 0.6 is 0 Å². The molecule has 5 heteroatoms. The van der Waals surface area contributed by atoms with Crippen LogP contribution in [0.25, 0.3) is 22.2 Å². The van der Waals surface area contributed by atoms with Crippen molar-refractivity contribution in [2.24, 2.45) is 0 Å². The van der Waals surface area contributed by atoms with Gasteiger partial charge >= 0.3 is 5.97 Å². The number of hydrogen-bond acceptors (Lipinski definition) is 5. The first-order valence-corrected chi connectivity index (χ1v) is 8.78. The second-order valence-corrected chi connectivity index (χ2v) is 6.14. The number of aryl methyl sites for hydroxylation is 1. The van der Waals surface area contributed by atoms with Gasteiger partial charge in [-0.15, -0.1) is 0 Å². The normalized spacial score (nSPS) is 10.8. The molecule has 27 heavy (non-hydrogen) atoms. The molecule has 0 radical (unpaired) electrons. The van der Waals surface area contributed by atoms with Gasteiger partial charge in [0.05, 0.1) is 18.1 Å². The van der Waals surface area contributed by atoms with Crippen molar-refractivity contribution in [1.29, 1.82) is 0 Å². The maximum atomic E-state index is 12.1. The van der Waals surface area contributed by atoms with Gasteiger partial charge in [-0.2, -0.15) is 0 Å². The van der Waals surface area contributed by atoms with Gasteiger partial charge < -0.3 is 9.15 Å². The number of pyridine rings is 1. The molecule has 0 saturated carbocycles. The van der Waals surface area contributed by atoms with Crippen LogP contribution in [0, 0.1) is 0 Å². The lowest BCUT2D eigenvalue weighted by Gasteiger charge is -2.07. The summed E-state index contributed by atoms with van der Waals surface area (Å²) in [7, 11) is 0. The highest BCUT2D eigenvalue weighted by Crippen LogP contribution is 2.21. The predicted molar refractivity (Wildman–Crippen MR) is 102 cm³/mol. The van der Waals surface area contributed by atoms with Crippen molar-refractivity contribution >= 4 is 16.9 Å². The summed E-state index contributed by atoms with van der Waals surface area (Å²) in [5, 5.41) is 1.03. The van der Waals surface area contributed by atoms with E-state index in [1.165, 1.54) is 0 Å². The first-order valence-electron chi connectivity index (χ1n) is 8.78. The number of ether oxygens (including phenoxy) is 1. The minimum Gasteiger partial charge on any atom is -0.461 e. The molecular formula is C22H18N2O3. The van der Waals surface area contributed by atoms with Crippen LogP contribution in [0.5, 0.6) is 0 Å². The number of fused-ring (bicyclic) bond motifs is 1. The molecule has 2 aromatic heterocycles. The largest absolute Gasteiger partial charge is 0.461 e. The monoisotopic (exact) mass is 358 g/mol. The van der Waals surface area contributed by atoms with Crippen molar-refractivity contribution in [1.82, 2.24) is 9.97 Å². The Morgan fingerprint density at radius 1 is 0.963 bits per heavy atom. The summed E-state index contributed by atoms with van der Waals surface area (Å²) in [5.74, 6) is 0.931. The molecule has 4 aromatic rings. The Kier molecular flexibility index (Phi) is 4.92. The number of nitrogens with zero attached hydrogens (tertiary/aromatic N) is 2. The van der Waals surface area contributed by atoms with Crippen molar-refractivity contribution in [3.05, 3.63) is 84.5 Å². The van der Waals surface area contributed by atoms with Crippen molar-refractivity contribution in [3.8, 4) is 11.3 Å². The number of rotatable bonds is 6. The molecule has 2 aromatic carbocycles. The third-order valence-corrected chi connectivity index (χ3v) is 4.26. The number of hydrogen-bond donors (Lipinski definition) is 0. The third-order valence-electron chi connectivity index (χ3n) is 4.26. The van der Waals surface area contributed by atoms with Crippen LogP contribution in [0.3, 0.4) is 0 Å². The van der Waals surface area contributed by atoms with Crippen LogP contribution in [0.4, 0.5) is 0 Å². The van der Waals surface area contributed by atoms with Gasteiger partial charge in [0.2, 0.25) is 0 Å². The Bertz CT molecular complexity index is 1050. The van der Waals surface area contributed by atoms with E-state index in [4.69, 9.17) is 9.15 Å². The Labute approximate surface area is 156 Å². The van der Waals surface area contributed by atoms with E-state index in [-0.39, 0.29) is 19.0 Å². The zero-order valence-corrected chi connectivity index (χ0v) is 14.7. The van der Waals surface area contributed by atoms with E-state index in [1.807, 2.05) is 60.7 Å². The average Bonchev–Trinajstić information content (AvgIpc) is 3.20. The molecule has 0 amide bonds. The fraction of sp³-hybridized carbons (Fsp3) is 0.136. The third kappa shape index (κ3) is 4.03. The van der Waals surface area contributed by atoms with Crippen LogP contribution in [-0.2, 0) is 22.6 Å². The van der Waals surface area contributed by atoms with Crippen molar-refractivity contribution < 1.29 is 13.9 Å². The molecule has 0 N–H and O–H groups in total. The molecule has 0 aliphatic carbocycles. The maximum Gasteiger partial charge on any atom is 0.306 e. The quantitative estimate of drug-likeness (QED) is 0.473. The molecule has 4 rings (SSSR count). The summed E-state index contributed by atoms with van der Waals surface area (Å²) in [6.45, 7) is 0.202. The van der Waals surface area contributed by atoms with Gasteiger partial charge in [-0.25, -0.2) is 4.98 Å². The average molecular weight is 358 g/mol. The van der Waals surface area contributed by atoms with E-state index in [1.54, 1.807) is 12.4 Å². The summed E-state index contributed by atoms with van der Waals surface area (Å²) >= 11 is 0. The molecule has 0 aliphatic rings. The Balaban J connectivity index is 1.33. The van der Waals surface area contributed by atoms with Gasteiger partial charge in [-0.3, -0.25) is 9.78 Å². The van der Waals surface area contributed by atoms with Crippen molar-refractivity contribution in [2.75, 3.05) is 0 Å². The topological polar surface area (TPSA) is 65.2 Å². The smallest absolute Gasteiger partial charge is 0.306 e. The number of oxazole rings is 1. The Hall–Kier alpha value is -3.47. The van der Waals surface area contributed by atoms with E-state index in [0.717, 1.165) is 22.0 Å². The van der Waals surface area contributed by atoms with E-state index in [0.29, 0.717) is 18.1 Å². The molecule has 0 bridgehead atoms. The lowest BCUT2D eigenvalue weighted by Crippen LogP contribution is -2.06. The Morgan fingerprint density at radius 2 is 1.81 bits per heavy atom. The highest BCUT2D eigenvalue weighted by Gasteiger charge is 2.11. The van der Waals surface area contributed by atoms with Crippen LogP contribution in [0.1, 0.15) is 17.9 Å². The number of benzene rings is 2. The second-order valence-electron chi connectivity index (χ2n) is 6.14.